The molecule has 1 unspecified atom stereocenters. The summed E-state index contributed by atoms with van der Waals surface area (Å²) in [6, 6.07) is 0. The van der Waals surface area contributed by atoms with E-state index in [1.165, 1.54) is 6.92 Å². The molecule has 0 aromatic carbocycles. The molecule has 88 valence electrons. The monoisotopic (exact) mass is 216 g/mol. The molecular formula is C10H20N2O3. The highest BCUT2D eigenvalue weighted by Crippen LogP contribution is 1.99. The van der Waals surface area contributed by atoms with Crippen molar-refractivity contribution in [3.05, 3.63) is 0 Å². The van der Waals surface area contributed by atoms with Crippen LogP contribution in [0.3, 0.4) is 0 Å². The van der Waals surface area contributed by atoms with Crippen LogP contribution in [0.25, 0.3) is 0 Å². The summed E-state index contributed by atoms with van der Waals surface area (Å²) in [5.41, 5.74) is 0. The Morgan fingerprint density at radius 3 is 2.47 bits per heavy atom. The Bertz CT molecular complexity index is 219. The summed E-state index contributed by atoms with van der Waals surface area (Å²) < 4.78 is 0. The second-order valence-electron chi connectivity index (χ2n) is 3.62. The van der Waals surface area contributed by atoms with Crippen LogP contribution in [0.2, 0.25) is 0 Å². The van der Waals surface area contributed by atoms with E-state index in [1.54, 1.807) is 6.92 Å². The van der Waals surface area contributed by atoms with Crippen molar-refractivity contribution in [2.75, 3.05) is 26.2 Å². The van der Waals surface area contributed by atoms with Crippen LogP contribution in [0.4, 0.5) is 0 Å². The first-order valence-corrected chi connectivity index (χ1v) is 5.17. The highest BCUT2D eigenvalue weighted by Gasteiger charge is 2.14. The number of carbonyl (C=O) groups is 2. The molecule has 5 heteroatoms. The van der Waals surface area contributed by atoms with Crippen molar-refractivity contribution in [1.82, 2.24) is 10.2 Å². The lowest BCUT2D eigenvalue weighted by Gasteiger charge is -2.22. The molecule has 5 nitrogen and oxygen atoms in total. The van der Waals surface area contributed by atoms with Crippen molar-refractivity contribution in [3.63, 3.8) is 0 Å². The number of amides is 1. The van der Waals surface area contributed by atoms with Gasteiger partial charge in [-0.3, -0.25) is 9.59 Å². The fourth-order valence-electron chi connectivity index (χ4n) is 1.23. The molecule has 0 aliphatic heterocycles. The summed E-state index contributed by atoms with van der Waals surface area (Å²) in [6.07, 6.45) is 0. The highest BCUT2D eigenvalue weighted by atomic mass is 16.4. The van der Waals surface area contributed by atoms with E-state index < -0.39 is 5.97 Å². The van der Waals surface area contributed by atoms with Crippen molar-refractivity contribution in [2.24, 2.45) is 5.92 Å². The van der Waals surface area contributed by atoms with Crippen LogP contribution in [0.15, 0.2) is 0 Å². The van der Waals surface area contributed by atoms with E-state index in [1.807, 2.05) is 11.8 Å². The van der Waals surface area contributed by atoms with E-state index in [0.29, 0.717) is 19.6 Å². The van der Waals surface area contributed by atoms with Gasteiger partial charge in [0.25, 0.3) is 0 Å². The SMILES string of the molecule is CCN(CCNC(C)=O)CC(C)C(=O)O. The lowest BCUT2D eigenvalue weighted by molar-refractivity contribution is -0.141. The van der Waals surface area contributed by atoms with Crippen molar-refractivity contribution >= 4 is 11.9 Å². The van der Waals surface area contributed by atoms with Gasteiger partial charge in [0.1, 0.15) is 0 Å². The summed E-state index contributed by atoms with van der Waals surface area (Å²) in [5.74, 6) is -1.22. The summed E-state index contributed by atoms with van der Waals surface area (Å²) in [7, 11) is 0. The minimum atomic E-state index is -0.784. The summed E-state index contributed by atoms with van der Waals surface area (Å²) >= 11 is 0. The predicted octanol–water partition coefficient (Wildman–Crippen LogP) is 0.165. The van der Waals surface area contributed by atoms with Crippen LogP contribution in [-0.2, 0) is 9.59 Å². The van der Waals surface area contributed by atoms with Gasteiger partial charge >= 0.3 is 5.97 Å². The number of nitrogens with zero attached hydrogens (tertiary/aromatic N) is 1. The second kappa shape index (κ2) is 7.23. The standard InChI is InChI=1S/C10H20N2O3/c1-4-12(6-5-11-9(3)13)7-8(2)10(14)15/h8H,4-7H2,1-3H3,(H,11,13)(H,14,15). The van der Waals surface area contributed by atoms with Crippen LogP contribution < -0.4 is 5.32 Å². The zero-order chi connectivity index (χ0) is 11.8. The molecule has 2 N–H and O–H groups in total. The molecule has 15 heavy (non-hydrogen) atoms. The zero-order valence-corrected chi connectivity index (χ0v) is 9.62. The molecule has 0 aromatic rings. The zero-order valence-electron chi connectivity index (χ0n) is 9.62. The molecule has 0 fully saturated rings. The van der Waals surface area contributed by atoms with Gasteiger partial charge in [0.05, 0.1) is 5.92 Å². The molecule has 0 saturated carbocycles. The van der Waals surface area contributed by atoms with E-state index in [4.69, 9.17) is 5.11 Å². The van der Waals surface area contributed by atoms with Gasteiger partial charge in [-0.1, -0.05) is 13.8 Å². The first-order valence-electron chi connectivity index (χ1n) is 5.17. The van der Waals surface area contributed by atoms with Crippen LogP contribution in [0.1, 0.15) is 20.8 Å². The van der Waals surface area contributed by atoms with Gasteiger partial charge in [0.15, 0.2) is 0 Å². The molecule has 0 radical (unpaired) electrons. The van der Waals surface area contributed by atoms with Crippen molar-refractivity contribution in [3.8, 4) is 0 Å². The summed E-state index contributed by atoms with van der Waals surface area (Å²) in [6.45, 7) is 7.69. The van der Waals surface area contributed by atoms with Gasteiger partial charge in [0, 0.05) is 26.6 Å². The van der Waals surface area contributed by atoms with E-state index in [2.05, 4.69) is 5.32 Å². The summed E-state index contributed by atoms with van der Waals surface area (Å²) in [4.78, 5) is 23.3. The largest absolute Gasteiger partial charge is 0.481 e. The Labute approximate surface area is 90.5 Å². The van der Waals surface area contributed by atoms with Gasteiger partial charge in [-0.15, -0.1) is 0 Å². The Balaban J connectivity index is 3.82. The molecule has 0 spiro atoms. The van der Waals surface area contributed by atoms with E-state index in [9.17, 15) is 9.59 Å². The Kier molecular flexibility index (Phi) is 6.70. The highest BCUT2D eigenvalue weighted by molar-refractivity contribution is 5.72. The number of carboxylic acids is 1. The third-order valence-corrected chi connectivity index (χ3v) is 2.20. The number of rotatable bonds is 7. The number of hydrogen-bond donors (Lipinski definition) is 2. The molecule has 0 saturated heterocycles. The fourth-order valence-corrected chi connectivity index (χ4v) is 1.23. The molecule has 1 atom stereocenters. The van der Waals surface area contributed by atoms with Crippen LogP contribution in [-0.4, -0.2) is 48.1 Å². The molecule has 1 amide bonds. The quantitative estimate of drug-likeness (QED) is 0.636. The lowest BCUT2D eigenvalue weighted by Crippen LogP contribution is -2.37. The summed E-state index contributed by atoms with van der Waals surface area (Å²) in [5, 5.41) is 11.4. The van der Waals surface area contributed by atoms with Crippen molar-refractivity contribution < 1.29 is 14.7 Å². The molecule has 0 aliphatic rings. The van der Waals surface area contributed by atoms with E-state index >= 15 is 0 Å². The Hall–Kier alpha value is -1.10. The van der Waals surface area contributed by atoms with Gasteiger partial charge in [0.2, 0.25) is 5.91 Å². The molecule has 0 bridgehead atoms. The number of likely N-dealkylation sites (N-methyl/N-ethyl adjacent to an activating group) is 1. The molecule has 0 aliphatic carbocycles. The number of hydrogen-bond acceptors (Lipinski definition) is 3. The maximum Gasteiger partial charge on any atom is 0.307 e. The third-order valence-electron chi connectivity index (χ3n) is 2.20. The molecule has 0 heterocycles. The third kappa shape index (κ3) is 6.90. The minimum Gasteiger partial charge on any atom is -0.481 e. The van der Waals surface area contributed by atoms with Gasteiger partial charge in [-0.2, -0.15) is 0 Å². The second-order valence-corrected chi connectivity index (χ2v) is 3.62. The van der Waals surface area contributed by atoms with E-state index in [-0.39, 0.29) is 11.8 Å². The maximum absolute atomic E-state index is 10.6. The Morgan fingerprint density at radius 1 is 1.47 bits per heavy atom. The van der Waals surface area contributed by atoms with Gasteiger partial charge in [-0.05, 0) is 6.54 Å². The van der Waals surface area contributed by atoms with Crippen LogP contribution >= 0.6 is 0 Å². The van der Waals surface area contributed by atoms with Crippen molar-refractivity contribution in [2.45, 2.75) is 20.8 Å². The number of carboxylic acid groups (broad SMARTS) is 1. The Morgan fingerprint density at radius 2 is 2.07 bits per heavy atom. The first-order chi connectivity index (χ1) is 6.97. The number of aliphatic carboxylic acids is 1. The van der Waals surface area contributed by atoms with E-state index in [0.717, 1.165) is 6.54 Å². The molecule has 0 aromatic heterocycles. The smallest absolute Gasteiger partial charge is 0.307 e. The first kappa shape index (κ1) is 13.9. The van der Waals surface area contributed by atoms with Crippen LogP contribution in [0, 0.1) is 5.92 Å². The predicted molar refractivity (Wildman–Crippen MR) is 57.6 cm³/mol. The molecule has 0 rings (SSSR count). The fraction of sp³-hybridized carbons (Fsp3) is 0.800. The number of nitrogens with one attached hydrogen (secondary N) is 1. The van der Waals surface area contributed by atoms with Gasteiger partial charge < -0.3 is 15.3 Å². The van der Waals surface area contributed by atoms with Crippen molar-refractivity contribution in [1.29, 1.82) is 0 Å². The lowest BCUT2D eigenvalue weighted by atomic mass is 10.1. The average Bonchev–Trinajstić information content (AvgIpc) is 2.15. The topological polar surface area (TPSA) is 69.6 Å². The maximum atomic E-state index is 10.6. The molecular weight excluding hydrogens is 196 g/mol. The van der Waals surface area contributed by atoms with Crippen LogP contribution in [0.5, 0.6) is 0 Å². The van der Waals surface area contributed by atoms with Gasteiger partial charge in [-0.25, -0.2) is 0 Å². The minimum absolute atomic E-state index is 0.0580. The number of carbonyl (C=O) groups excluding carboxylic acids is 1. The normalized spacial score (nSPS) is 12.5. The average molecular weight is 216 g/mol.